The number of hydrogen-bond donors (Lipinski definition) is 5. The van der Waals surface area contributed by atoms with Crippen molar-refractivity contribution in [3.05, 3.63) is 65.2 Å². The molecule has 2 aromatic carbocycles. The van der Waals surface area contributed by atoms with Gasteiger partial charge >= 0.3 is 5.97 Å². The van der Waals surface area contributed by atoms with Gasteiger partial charge in [0.1, 0.15) is 17.8 Å². The number of fused-ring (bicyclic) bond motifs is 2. The van der Waals surface area contributed by atoms with Gasteiger partial charge in [0.2, 0.25) is 29.4 Å². The number of hydrogen-bond acceptors (Lipinski definition) is 8. The number of nitrogens with zero attached hydrogens (tertiary/aromatic N) is 1. The fourth-order valence-electron chi connectivity index (χ4n) is 7.70. The Morgan fingerprint density at radius 1 is 0.909 bits per heavy atom. The standard InChI is InChI=1S/C41H53N5O9/c1-2-13-31(37(49)39(51)42-24-34(48)45-36(41(53)54)27-16-9-6-10-17-27)43-38(50)32-23-28-19-20-30-22-29(28)25-46(32)40(52)35(26-14-7-5-8-15-26)44-33(47)18-11-3-4-12-21-55-30/h6,9-10,16-17,19-20,22,26,31-32,35-36H,2-5,7-8,11-15,18,21,23-25H2,1H3,(H,42,51)(H,43,50)(H,44,47)(H,45,48)(H,53,54)/t31?,32?,35?,36-/m0/s1. The lowest BCUT2D eigenvalue weighted by atomic mass is 9.82. The summed E-state index contributed by atoms with van der Waals surface area (Å²) in [4.78, 5) is 94.6. The zero-order valence-corrected chi connectivity index (χ0v) is 31.5. The van der Waals surface area contributed by atoms with Crippen molar-refractivity contribution in [3.8, 4) is 5.75 Å². The summed E-state index contributed by atoms with van der Waals surface area (Å²) in [5.41, 5.74) is 2.00. The van der Waals surface area contributed by atoms with Gasteiger partial charge in [-0.3, -0.25) is 28.8 Å². The van der Waals surface area contributed by atoms with Gasteiger partial charge < -0.3 is 36.0 Å². The molecule has 2 aliphatic heterocycles. The van der Waals surface area contributed by atoms with Crippen molar-refractivity contribution in [1.29, 1.82) is 0 Å². The van der Waals surface area contributed by atoms with Crippen LogP contribution in [0.3, 0.4) is 0 Å². The SMILES string of the molecule is CCCC(NC(=O)C1Cc2ccc3cc2CN1C(=O)C(C1CCCCC1)NC(=O)CCCCCCO3)C(=O)C(=O)NCC(=O)N[C@H](C(=O)O)c1ccccc1. The molecule has 2 heterocycles. The summed E-state index contributed by atoms with van der Waals surface area (Å²) >= 11 is 0. The number of carboxylic acid groups (broad SMARTS) is 1. The lowest BCUT2D eigenvalue weighted by Crippen LogP contribution is -2.61. The molecular weight excluding hydrogens is 706 g/mol. The van der Waals surface area contributed by atoms with Gasteiger partial charge in [-0.1, -0.05) is 81.8 Å². The second-order valence-corrected chi connectivity index (χ2v) is 14.7. The van der Waals surface area contributed by atoms with E-state index in [1.807, 2.05) is 18.2 Å². The first-order valence-electron chi connectivity index (χ1n) is 19.6. The molecule has 3 aliphatic rings. The summed E-state index contributed by atoms with van der Waals surface area (Å²) in [6, 6.07) is 9.19. The van der Waals surface area contributed by atoms with Crippen molar-refractivity contribution in [2.75, 3.05) is 13.2 Å². The second kappa shape index (κ2) is 19.9. The second-order valence-electron chi connectivity index (χ2n) is 14.7. The van der Waals surface area contributed by atoms with Gasteiger partial charge in [0.15, 0.2) is 6.04 Å². The molecule has 296 valence electrons. The third-order valence-electron chi connectivity index (χ3n) is 10.7. The van der Waals surface area contributed by atoms with Gasteiger partial charge in [-0.05, 0) is 66.8 Å². The Balaban J connectivity index is 1.33. The Morgan fingerprint density at radius 2 is 1.64 bits per heavy atom. The fourth-order valence-corrected chi connectivity index (χ4v) is 7.70. The Bertz CT molecular complexity index is 1710. The normalized spacial score (nSPS) is 20.6. The maximum absolute atomic E-state index is 14.7. The lowest BCUT2D eigenvalue weighted by Gasteiger charge is -2.40. The third kappa shape index (κ3) is 11.1. The van der Waals surface area contributed by atoms with Crippen LogP contribution in [0.4, 0.5) is 0 Å². The first-order valence-corrected chi connectivity index (χ1v) is 19.6. The van der Waals surface area contributed by atoms with Crippen molar-refractivity contribution in [2.24, 2.45) is 5.92 Å². The highest BCUT2D eigenvalue weighted by Gasteiger charge is 2.42. The van der Waals surface area contributed by atoms with Crippen LogP contribution in [0.1, 0.15) is 107 Å². The van der Waals surface area contributed by atoms with Crippen LogP contribution in [0, 0.1) is 5.92 Å². The number of aliphatic carboxylic acids is 1. The highest BCUT2D eigenvalue weighted by atomic mass is 16.5. The summed E-state index contributed by atoms with van der Waals surface area (Å²) in [7, 11) is 0. The number of carboxylic acids is 1. The van der Waals surface area contributed by atoms with Crippen LogP contribution in [0.15, 0.2) is 48.5 Å². The van der Waals surface area contributed by atoms with Crippen LogP contribution in [-0.2, 0) is 46.5 Å². The predicted molar refractivity (Wildman–Crippen MR) is 201 cm³/mol. The molecule has 14 nitrogen and oxygen atoms in total. The molecule has 0 spiro atoms. The van der Waals surface area contributed by atoms with Gasteiger partial charge in [-0.15, -0.1) is 0 Å². The molecule has 55 heavy (non-hydrogen) atoms. The summed E-state index contributed by atoms with van der Waals surface area (Å²) in [5.74, 6) is -4.81. The molecule has 1 fully saturated rings. The third-order valence-corrected chi connectivity index (χ3v) is 10.7. The van der Waals surface area contributed by atoms with Crippen LogP contribution in [0.2, 0.25) is 0 Å². The quantitative estimate of drug-likeness (QED) is 0.202. The van der Waals surface area contributed by atoms with E-state index < -0.39 is 60.2 Å². The molecule has 0 radical (unpaired) electrons. The first-order chi connectivity index (χ1) is 26.5. The summed E-state index contributed by atoms with van der Waals surface area (Å²) < 4.78 is 6.02. The van der Waals surface area contributed by atoms with Crippen LogP contribution >= 0.6 is 0 Å². The number of ketones is 1. The van der Waals surface area contributed by atoms with Gasteiger partial charge in [0.25, 0.3) is 5.91 Å². The molecule has 0 aromatic heterocycles. The van der Waals surface area contributed by atoms with Gasteiger partial charge in [0, 0.05) is 19.4 Å². The molecule has 3 bridgehead atoms. The Hall–Kier alpha value is -5.27. The number of Topliss-reactive ketones (excluding diaryl/α,β-unsaturated/α-hetero) is 1. The maximum atomic E-state index is 14.7. The van der Waals surface area contributed by atoms with Crippen molar-refractivity contribution in [1.82, 2.24) is 26.2 Å². The molecule has 5 rings (SSSR count). The topological polar surface area (TPSA) is 200 Å². The molecule has 2 aromatic rings. The summed E-state index contributed by atoms with van der Waals surface area (Å²) in [6.07, 6.45) is 8.78. The van der Waals surface area contributed by atoms with Crippen LogP contribution < -0.4 is 26.0 Å². The Labute approximate surface area is 321 Å². The van der Waals surface area contributed by atoms with E-state index in [1.54, 1.807) is 37.3 Å². The van der Waals surface area contributed by atoms with E-state index in [4.69, 9.17) is 4.74 Å². The van der Waals surface area contributed by atoms with Gasteiger partial charge in [0.05, 0.1) is 19.2 Å². The molecule has 3 unspecified atom stereocenters. The molecule has 1 saturated carbocycles. The lowest BCUT2D eigenvalue weighted by molar-refractivity contribution is -0.147. The van der Waals surface area contributed by atoms with Crippen LogP contribution in [0.25, 0.3) is 0 Å². The van der Waals surface area contributed by atoms with E-state index in [0.717, 1.165) is 62.5 Å². The van der Waals surface area contributed by atoms with E-state index in [-0.39, 0.29) is 37.1 Å². The minimum absolute atomic E-state index is 0.0855. The predicted octanol–water partition coefficient (Wildman–Crippen LogP) is 3.26. The van der Waals surface area contributed by atoms with Crippen LogP contribution in [0.5, 0.6) is 5.75 Å². The van der Waals surface area contributed by atoms with E-state index >= 15 is 0 Å². The van der Waals surface area contributed by atoms with Crippen LogP contribution in [-0.4, -0.2) is 82.6 Å². The number of rotatable bonds is 12. The molecular formula is C41H53N5O9. The molecule has 4 atom stereocenters. The number of carbonyl (C=O) groups excluding carboxylic acids is 6. The minimum atomic E-state index is -1.37. The maximum Gasteiger partial charge on any atom is 0.330 e. The highest BCUT2D eigenvalue weighted by Crippen LogP contribution is 2.32. The average molecular weight is 760 g/mol. The zero-order chi connectivity index (χ0) is 39.3. The minimum Gasteiger partial charge on any atom is -0.494 e. The fraction of sp³-hybridized carbons (Fsp3) is 0.537. The molecule has 5 amide bonds. The average Bonchev–Trinajstić information content (AvgIpc) is 3.19. The summed E-state index contributed by atoms with van der Waals surface area (Å²) in [5, 5.41) is 20.0. The van der Waals surface area contributed by atoms with Crippen molar-refractivity contribution in [2.45, 2.75) is 121 Å². The number of nitrogens with one attached hydrogen (secondary N) is 4. The van der Waals surface area contributed by atoms with Gasteiger partial charge in [-0.25, -0.2) is 4.79 Å². The van der Waals surface area contributed by atoms with E-state index in [2.05, 4.69) is 21.3 Å². The first kappa shape index (κ1) is 40.9. The number of amides is 5. The zero-order valence-electron chi connectivity index (χ0n) is 31.5. The van der Waals surface area contributed by atoms with Gasteiger partial charge in [-0.2, -0.15) is 0 Å². The number of carbonyl (C=O) groups is 7. The number of benzene rings is 2. The smallest absolute Gasteiger partial charge is 0.330 e. The monoisotopic (exact) mass is 759 g/mol. The van der Waals surface area contributed by atoms with E-state index in [9.17, 15) is 38.7 Å². The van der Waals surface area contributed by atoms with Crippen molar-refractivity contribution < 1.29 is 43.4 Å². The highest BCUT2D eigenvalue weighted by molar-refractivity contribution is 6.38. The number of ether oxygens (including phenoxy) is 1. The van der Waals surface area contributed by atoms with E-state index in [1.165, 1.54) is 4.90 Å². The molecule has 14 heteroatoms. The molecule has 0 saturated heterocycles. The summed E-state index contributed by atoms with van der Waals surface area (Å²) in [6.45, 7) is 1.72. The van der Waals surface area contributed by atoms with Crippen molar-refractivity contribution >= 4 is 41.3 Å². The largest absolute Gasteiger partial charge is 0.494 e. The van der Waals surface area contributed by atoms with E-state index in [0.29, 0.717) is 37.2 Å². The Morgan fingerprint density at radius 3 is 2.36 bits per heavy atom. The molecule has 5 N–H and O–H groups in total. The Kier molecular flexibility index (Phi) is 14.8. The van der Waals surface area contributed by atoms with Crippen molar-refractivity contribution in [3.63, 3.8) is 0 Å². The molecule has 1 aliphatic carbocycles.